The lowest BCUT2D eigenvalue weighted by Gasteiger charge is -2.37. The van der Waals surface area contributed by atoms with Crippen LogP contribution in [0.5, 0.6) is 0 Å². The second kappa shape index (κ2) is 6.38. The number of nitrogens with zero attached hydrogens (tertiary/aromatic N) is 1. The molecule has 22 heavy (non-hydrogen) atoms. The number of carbonyl (C=O) groups excluding carboxylic acids is 2. The smallest absolute Gasteiger partial charge is 0.410 e. The van der Waals surface area contributed by atoms with Crippen LogP contribution in [-0.2, 0) is 9.47 Å². The fourth-order valence-corrected chi connectivity index (χ4v) is 3.51. The molecule has 5 nitrogen and oxygen atoms in total. The summed E-state index contributed by atoms with van der Waals surface area (Å²) in [6.07, 6.45) is 2.98. The molecule has 2 heterocycles. The second-order valence-corrected chi connectivity index (χ2v) is 5.86. The fraction of sp³-hybridized carbons (Fsp3) is 0.529. The van der Waals surface area contributed by atoms with E-state index in [9.17, 15) is 9.59 Å². The van der Waals surface area contributed by atoms with E-state index >= 15 is 0 Å². The van der Waals surface area contributed by atoms with Gasteiger partial charge in [0.1, 0.15) is 6.10 Å². The van der Waals surface area contributed by atoms with Crippen LogP contribution in [0.4, 0.5) is 4.79 Å². The van der Waals surface area contributed by atoms with Gasteiger partial charge in [0.15, 0.2) is 0 Å². The Morgan fingerprint density at radius 3 is 2.36 bits per heavy atom. The average molecular weight is 303 g/mol. The molecular formula is C17H21NO4. The van der Waals surface area contributed by atoms with Crippen molar-refractivity contribution in [2.75, 3.05) is 6.61 Å². The molecule has 2 aliphatic heterocycles. The highest BCUT2D eigenvalue weighted by Crippen LogP contribution is 2.37. The summed E-state index contributed by atoms with van der Waals surface area (Å²) in [5.41, 5.74) is 0.572. The Kier molecular flexibility index (Phi) is 4.32. The Balaban J connectivity index is 1.61. The zero-order chi connectivity index (χ0) is 15.5. The molecule has 1 amide bonds. The maximum atomic E-state index is 12.1. The van der Waals surface area contributed by atoms with Gasteiger partial charge >= 0.3 is 12.1 Å². The summed E-state index contributed by atoms with van der Waals surface area (Å²) in [4.78, 5) is 26.0. The molecule has 1 aromatic rings. The summed E-state index contributed by atoms with van der Waals surface area (Å²) >= 11 is 0. The lowest BCUT2D eigenvalue weighted by molar-refractivity contribution is -0.00582. The Hall–Kier alpha value is -2.04. The van der Waals surface area contributed by atoms with Gasteiger partial charge in [0.2, 0.25) is 0 Å². The van der Waals surface area contributed by atoms with Crippen molar-refractivity contribution in [1.82, 2.24) is 4.90 Å². The van der Waals surface area contributed by atoms with Gasteiger partial charge in [-0.1, -0.05) is 18.2 Å². The highest BCUT2D eigenvalue weighted by Gasteiger charge is 2.45. The molecule has 2 saturated heterocycles. The van der Waals surface area contributed by atoms with Gasteiger partial charge in [-0.25, -0.2) is 9.59 Å². The van der Waals surface area contributed by atoms with Crippen LogP contribution >= 0.6 is 0 Å². The number of esters is 1. The summed E-state index contributed by atoms with van der Waals surface area (Å²) in [6.45, 7) is 2.20. The monoisotopic (exact) mass is 303 g/mol. The minimum Gasteiger partial charge on any atom is -0.459 e. The molecule has 2 bridgehead atoms. The maximum absolute atomic E-state index is 12.1. The molecule has 2 fully saturated rings. The van der Waals surface area contributed by atoms with Crippen LogP contribution in [0.2, 0.25) is 0 Å². The van der Waals surface area contributed by atoms with E-state index in [1.54, 1.807) is 12.1 Å². The molecule has 3 rings (SSSR count). The topological polar surface area (TPSA) is 55.8 Å². The van der Waals surface area contributed by atoms with Crippen LogP contribution in [0.15, 0.2) is 30.3 Å². The third-order valence-electron chi connectivity index (χ3n) is 4.45. The van der Waals surface area contributed by atoms with Gasteiger partial charge in [-0.2, -0.15) is 0 Å². The van der Waals surface area contributed by atoms with E-state index in [-0.39, 0.29) is 30.3 Å². The first kappa shape index (κ1) is 14.9. The van der Waals surface area contributed by atoms with Crippen molar-refractivity contribution in [2.45, 2.75) is 50.8 Å². The highest BCUT2D eigenvalue weighted by molar-refractivity contribution is 5.89. The SMILES string of the molecule is CCOC(=O)N1[C@@H]2CC[C@H]1CC(OC(=O)c1ccccc1)C2. The first-order chi connectivity index (χ1) is 10.7. The van der Waals surface area contributed by atoms with Gasteiger partial charge in [-0.05, 0) is 31.9 Å². The van der Waals surface area contributed by atoms with Crippen molar-refractivity contribution in [3.8, 4) is 0 Å². The minimum absolute atomic E-state index is 0.115. The first-order valence-corrected chi connectivity index (χ1v) is 7.90. The average Bonchev–Trinajstić information content (AvgIpc) is 2.80. The molecule has 1 aromatic carbocycles. The standard InChI is InChI=1S/C17H21NO4/c1-2-21-17(20)18-13-8-9-14(18)11-15(10-13)22-16(19)12-6-4-3-5-7-12/h3-7,13-15H,2,8-11H2,1H3/t13-,14+,15?. The van der Waals surface area contributed by atoms with E-state index in [1.807, 2.05) is 30.0 Å². The maximum Gasteiger partial charge on any atom is 0.410 e. The van der Waals surface area contributed by atoms with Crippen molar-refractivity contribution >= 4 is 12.1 Å². The van der Waals surface area contributed by atoms with Crippen molar-refractivity contribution in [3.05, 3.63) is 35.9 Å². The predicted octanol–water partition coefficient (Wildman–Crippen LogP) is 3.00. The van der Waals surface area contributed by atoms with E-state index < -0.39 is 0 Å². The number of fused-ring (bicyclic) bond motifs is 2. The molecule has 118 valence electrons. The van der Waals surface area contributed by atoms with Crippen molar-refractivity contribution in [2.24, 2.45) is 0 Å². The zero-order valence-electron chi connectivity index (χ0n) is 12.7. The summed E-state index contributed by atoms with van der Waals surface area (Å²) in [6, 6.07) is 9.29. The molecule has 1 unspecified atom stereocenters. The van der Waals surface area contributed by atoms with Crippen LogP contribution in [0, 0.1) is 0 Å². The Labute approximate surface area is 130 Å². The summed E-state index contributed by atoms with van der Waals surface area (Å²) in [5, 5.41) is 0. The molecule has 2 aliphatic rings. The quantitative estimate of drug-likeness (QED) is 0.806. The van der Waals surface area contributed by atoms with Crippen LogP contribution in [0.3, 0.4) is 0 Å². The Morgan fingerprint density at radius 2 is 1.77 bits per heavy atom. The highest BCUT2D eigenvalue weighted by atomic mass is 16.6. The molecule has 0 saturated carbocycles. The van der Waals surface area contributed by atoms with Gasteiger partial charge in [0.25, 0.3) is 0 Å². The number of rotatable bonds is 3. The van der Waals surface area contributed by atoms with E-state index in [0.29, 0.717) is 25.0 Å². The number of benzene rings is 1. The summed E-state index contributed by atoms with van der Waals surface area (Å²) in [5.74, 6) is -0.283. The zero-order valence-corrected chi connectivity index (χ0v) is 12.7. The molecule has 0 aromatic heterocycles. The number of ether oxygens (including phenoxy) is 2. The molecule has 0 spiro atoms. The van der Waals surface area contributed by atoms with E-state index in [2.05, 4.69) is 0 Å². The van der Waals surface area contributed by atoms with E-state index in [1.165, 1.54) is 0 Å². The van der Waals surface area contributed by atoms with Crippen LogP contribution in [0.25, 0.3) is 0 Å². The molecule has 0 aliphatic carbocycles. The van der Waals surface area contributed by atoms with Gasteiger partial charge in [0, 0.05) is 24.9 Å². The third kappa shape index (κ3) is 2.93. The number of hydrogen-bond acceptors (Lipinski definition) is 4. The normalized spacial score (nSPS) is 26.6. The molecule has 0 radical (unpaired) electrons. The molecular weight excluding hydrogens is 282 g/mol. The number of hydrogen-bond donors (Lipinski definition) is 0. The second-order valence-electron chi connectivity index (χ2n) is 5.86. The van der Waals surface area contributed by atoms with Crippen LogP contribution < -0.4 is 0 Å². The minimum atomic E-state index is -0.283. The van der Waals surface area contributed by atoms with Crippen molar-refractivity contribution in [1.29, 1.82) is 0 Å². The third-order valence-corrected chi connectivity index (χ3v) is 4.45. The predicted molar refractivity (Wildman–Crippen MR) is 80.6 cm³/mol. The molecule has 5 heteroatoms. The Bertz CT molecular complexity index is 531. The summed E-state index contributed by atoms with van der Waals surface area (Å²) < 4.78 is 10.8. The number of carbonyl (C=O) groups is 2. The van der Waals surface area contributed by atoms with Gasteiger partial charge in [0.05, 0.1) is 12.2 Å². The van der Waals surface area contributed by atoms with Gasteiger partial charge < -0.3 is 14.4 Å². The fourth-order valence-electron chi connectivity index (χ4n) is 3.51. The van der Waals surface area contributed by atoms with Crippen molar-refractivity contribution in [3.63, 3.8) is 0 Å². The van der Waals surface area contributed by atoms with Crippen LogP contribution in [0.1, 0.15) is 43.0 Å². The van der Waals surface area contributed by atoms with Crippen molar-refractivity contribution < 1.29 is 19.1 Å². The number of amides is 1. The van der Waals surface area contributed by atoms with Gasteiger partial charge in [-0.15, -0.1) is 0 Å². The lowest BCUT2D eigenvalue weighted by atomic mass is 10.00. The first-order valence-electron chi connectivity index (χ1n) is 7.90. The van der Waals surface area contributed by atoms with E-state index in [0.717, 1.165) is 12.8 Å². The molecule has 0 N–H and O–H groups in total. The number of piperidine rings is 1. The lowest BCUT2D eigenvalue weighted by Crippen LogP contribution is -2.49. The molecule has 3 atom stereocenters. The van der Waals surface area contributed by atoms with E-state index in [4.69, 9.17) is 9.47 Å². The van der Waals surface area contributed by atoms with Crippen LogP contribution in [-0.4, -0.2) is 41.8 Å². The van der Waals surface area contributed by atoms with Gasteiger partial charge in [-0.3, -0.25) is 0 Å². The summed E-state index contributed by atoms with van der Waals surface area (Å²) in [7, 11) is 0. The Morgan fingerprint density at radius 1 is 1.14 bits per heavy atom. The largest absolute Gasteiger partial charge is 0.459 e.